The van der Waals surface area contributed by atoms with Gasteiger partial charge in [0.15, 0.2) is 0 Å². The van der Waals surface area contributed by atoms with E-state index >= 15 is 0 Å². The summed E-state index contributed by atoms with van der Waals surface area (Å²) in [5.74, 6) is -5.88. The van der Waals surface area contributed by atoms with Crippen LogP contribution in [0.3, 0.4) is 0 Å². The zero-order valence-electron chi connectivity index (χ0n) is 24.2. The second-order valence-electron chi connectivity index (χ2n) is 10.3. The number of anilines is 1. The molecule has 45 heavy (non-hydrogen) atoms. The number of carboxylic acid groups (broad SMARTS) is 1. The van der Waals surface area contributed by atoms with Crippen molar-refractivity contribution in [1.29, 1.82) is 0 Å². The standard InChI is InChI=1S/C30H28F5N5O5/c1-14-23(28(42)40(3)30(45)39(14)2)17-7-6-15(25-18(17)5-4-10-36-25)11-22(29(43)44)38-27(41)24-19(32)12-16(13-20(24)33)37-21(8-9-31)26(34)35/h4-7,10,12-13,21-22,26,37H,8-9,11H2,1-3H3,(H,38,41)(H,43,44). The summed E-state index contributed by atoms with van der Waals surface area (Å²) in [6, 6.07) is 3.99. The normalized spacial score (nSPS) is 12.7. The van der Waals surface area contributed by atoms with Crippen molar-refractivity contribution in [2.24, 2.45) is 14.1 Å². The van der Waals surface area contributed by atoms with E-state index in [0.717, 1.165) is 4.57 Å². The van der Waals surface area contributed by atoms with Crippen molar-refractivity contribution in [3.63, 3.8) is 0 Å². The molecule has 15 heteroatoms. The van der Waals surface area contributed by atoms with Crippen molar-refractivity contribution in [1.82, 2.24) is 19.4 Å². The Kier molecular flexibility index (Phi) is 9.69. The number of aliphatic carboxylic acids is 1. The van der Waals surface area contributed by atoms with Gasteiger partial charge in [-0.05, 0) is 36.2 Å². The first-order valence-corrected chi connectivity index (χ1v) is 13.5. The number of halogens is 5. The van der Waals surface area contributed by atoms with Crippen LogP contribution in [0, 0.1) is 18.6 Å². The fourth-order valence-electron chi connectivity index (χ4n) is 4.99. The molecule has 2 aromatic carbocycles. The number of rotatable bonds is 11. The average molecular weight is 634 g/mol. The predicted octanol–water partition coefficient (Wildman–Crippen LogP) is 3.72. The van der Waals surface area contributed by atoms with Crippen LogP contribution in [0.25, 0.3) is 22.0 Å². The highest BCUT2D eigenvalue weighted by molar-refractivity contribution is 5.99. The summed E-state index contributed by atoms with van der Waals surface area (Å²) in [4.78, 5) is 54.8. The Balaban J connectivity index is 1.67. The van der Waals surface area contributed by atoms with Gasteiger partial charge in [0.05, 0.1) is 23.8 Å². The first-order chi connectivity index (χ1) is 21.3. The van der Waals surface area contributed by atoms with Gasteiger partial charge in [-0.1, -0.05) is 18.2 Å². The van der Waals surface area contributed by atoms with Crippen molar-refractivity contribution in [3.05, 3.63) is 91.9 Å². The van der Waals surface area contributed by atoms with Gasteiger partial charge in [-0.3, -0.25) is 23.5 Å². The van der Waals surface area contributed by atoms with Gasteiger partial charge in [0, 0.05) is 49.9 Å². The molecule has 238 valence electrons. The Hall–Kier alpha value is -5.08. The first kappa shape index (κ1) is 32.8. The van der Waals surface area contributed by atoms with Crippen molar-refractivity contribution in [2.75, 3.05) is 12.0 Å². The third-order valence-electron chi connectivity index (χ3n) is 7.45. The van der Waals surface area contributed by atoms with Crippen LogP contribution in [-0.2, 0) is 25.3 Å². The quantitative estimate of drug-likeness (QED) is 0.214. The highest BCUT2D eigenvalue weighted by atomic mass is 19.3. The molecule has 0 radical (unpaired) electrons. The van der Waals surface area contributed by atoms with E-state index in [4.69, 9.17) is 0 Å². The smallest absolute Gasteiger partial charge is 0.330 e. The van der Waals surface area contributed by atoms with Gasteiger partial charge in [-0.2, -0.15) is 0 Å². The van der Waals surface area contributed by atoms with Crippen LogP contribution in [0.5, 0.6) is 0 Å². The number of fused-ring (bicyclic) bond motifs is 1. The SMILES string of the molecule is Cc1c(-c2ccc(CC(NC(=O)c3c(F)cc(NC(CCF)C(F)F)cc3F)C(=O)O)c3ncccc23)c(=O)n(C)c(=O)n1C. The maximum absolute atomic E-state index is 14.8. The molecule has 0 aliphatic rings. The third-order valence-corrected chi connectivity index (χ3v) is 7.45. The van der Waals surface area contributed by atoms with Crippen LogP contribution in [0.4, 0.5) is 27.6 Å². The Morgan fingerprint density at radius 2 is 1.71 bits per heavy atom. The molecule has 0 aliphatic heterocycles. The second-order valence-corrected chi connectivity index (χ2v) is 10.3. The van der Waals surface area contributed by atoms with Gasteiger partial charge in [0.25, 0.3) is 17.9 Å². The number of benzene rings is 2. The highest BCUT2D eigenvalue weighted by Gasteiger charge is 2.28. The molecular formula is C30H28F5N5O5. The van der Waals surface area contributed by atoms with Crippen molar-refractivity contribution >= 4 is 28.5 Å². The van der Waals surface area contributed by atoms with Gasteiger partial charge in [-0.25, -0.2) is 27.2 Å². The molecule has 0 fully saturated rings. The third kappa shape index (κ3) is 6.56. The molecule has 10 nitrogen and oxygen atoms in total. The summed E-state index contributed by atoms with van der Waals surface area (Å²) < 4.78 is 70.7. The average Bonchev–Trinajstić information content (AvgIpc) is 2.99. The lowest BCUT2D eigenvalue weighted by Crippen LogP contribution is -2.43. The summed E-state index contributed by atoms with van der Waals surface area (Å²) >= 11 is 0. The molecule has 2 heterocycles. The maximum Gasteiger partial charge on any atom is 0.330 e. The van der Waals surface area contributed by atoms with Crippen LogP contribution < -0.4 is 21.9 Å². The molecule has 0 saturated carbocycles. The van der Waals surface area contributed by atoms with E-state index in [0.29, 0.717) is 34.3 Å². The molecule has 0 aliphatic carbocycles. The Labute approximate surface area is 252 Å². The zero-order chi connectivity index (χ0) is 33.2. The van der Waals surface area contributed by atoms with E-state index in [9.17, 15) is 46.2 Å². The minimum absolute atomic E-state index is 0.223. The van der Waals surface area contributed by atoms with Gasteiger partial charge in [0.1, 0.15) is 23.2 Å². The number of amides is 1. The molecule has 4 rings (SSSR count). The van der Waals surface area contributed by atoms with E-state index in [2.05, 4.69) is 15.6 Å². The number of hydrogen-bond acceptors (Lipinski definition) is 6. The zero-order valence-corrected chi connectivity index (χ0v) is 24.2. The molecular weight excluding hydrogens is 605 g/mol. The van der Waals surface area contributed by atoms with Crippen LogP contribution in [0.1, 0.15) is 28.0 Å². The highest BCUT2D eigenvalue weighted by Crippen LogP contribution is 2.30. The summed E-state index contributed by atoms with van der Waals surface area (Å²) in [7, 11) is 2.85. The van der Waals surface area contributed by atoms with E-state index < -0.39 is 77.6 Å². The van der Waals surface area contributed by atoms with E-state index in [1.165, 1.54) is 30.9 Å². The van der Waals surface area contributed by atoms with Crippen LogP contribution >= 0.6 is 0 Å². The number of carboxylic acids is 1. The number of carbonyl (C=O) groups is 2. The van der Waals surface area contributed by atoms with Gasteiger partial charge < -0.3 is 20.3 Å². The van der Waals surface area contributed by atoms with E-state index in [1.54, 1.807) is 25.1 Å². The number of nitrogens with zero attached hydrogens (tertiary/aromatic N) is 3. The molecule has 1 amide bonds. The Morgan fingerprint density at radius 1 is 1.04 bits per heavy atom. The molecule has 2 aromatic heterocycles. The fraction of sp³-hybridized carbons (Fsp3) is 0.300. The maximum atomic E-state index is 14.8. The van der Waals surface area contributed by atoms with Gasteiger partial charge in [0.2, 0.25) is 0 Å². The number of hydrogen-bond donors (Lipinski definition) is 3. The van der Waals surface area contributed by atoms with E-state index in [1.807, 2.05) is 0 Å². The minimum atomic E-state index is -3.04. The monoisotopic (exact) mass is 633 g/mol. The summed E-state index contributed by atoms with van der Waals surface area (Å²) in [6.45, 7) is 0.495. The molecule has 2 unspecified atom stereocenters. The second kappa shape index (κ2) is 13.3. The number of aromatic nitrogens is 3. The lowest BCUT2D eigenvalue weighted by atomic mass is 9.95. The molecule has 4 aromatic rings. The van der Waals surface area contributed by atoms with Crippen LogP contribution in [0.2, 0.25) is 0 Å². The van der Waals surface area contributed by atoms with Crippen LogP contribution in [0.15, 0.2) is 52.2 Å². The van der Waals surface area contributed by atoms with Gasteiger partial charge in [-0.15, -0.1) is 0 Å². The Bertz CT molecular complexity index is 1890. The number of carbonyl (C=O) groups excluding carboxylic acids is 1. The Morgan fingerprint density at radius 3 is 2.31 bits per heavy atom. The molecule has 3 N–H and O–H groups in total. The van der Waals surface area contributed by atoms with Crippen molar-refractivity contribution in [3.8, 4) is 11.1 Å². The molecule has 0 spiro atoms. The van der Waals surface area contributed by atoms with Gasteiger partial charge >= 0.3 is 11.7 Å². The summed E-state index contributed by atoms with van der Waals surface area (Å²) in [5.41, 5.74) is -1.07. The number of nitrogens with one attached hydrogen (secondary N) is 2. The first-order valence-electron chi connectivity index (χ1n) is 13.5. The van der Waals surface area contributed by atoms with Crippen molar-refractivity contribution in [2.45, 2.75) is 38.3 Å². The number of alkyl halides is 3. The molecule has 0 saturated heterocycles. The van der Waals surface area contributed by atoms with E-state index in [-0.39, 0.29) is 17.5 Å². The van der Waals surface area contributed by atoms with Crippen LogP contribution in [-0.4, -0.2) is 56.3 Å². The molecule has 2 atom stereocenters. The number of pyridine rings is 1. The predicted molar refractivity (Wildman–Crippen MR) is 155 cm³/mol. The lowest BCUT2D eigenvalue weighted by molar-refractivity contribution is -0.139. The summed E-state index contributed by atoms with van der Waals surface area (Å²) in [6.07, 6.45) is -2.62. The fourth-order valence-corrected chi connectivity index (χ4v) is 4.99. The largest absolute Gasteiger partial charge is 0.480 e. The minimum Gasteiger partial charge on any atom is -0.480 e. The summed E-state index contributed by atoms with van der Waals surface area (Å²) in [5, 5.41) is 14.5. The lowest BCUT2D eigenvalue weighted by Gasteiger charge is -2.19. The van der Waals surface area contributed by atoms with Crippen molar-refractivity contribution < 1.29 is 36.6 Å². The topological polar surface area (TPSA) is 135 Å². The molecule has 0 bridgehead atoms.